The first-order valence-corrected chi connectivity index (χ1v) is 10.6. The van der Waals surface area contributed by atoms with Gasteiger partial charge in [-0.15, -0.1) is 0 Å². The monoisotopic (exact) mass is 389 g/mol. The summed E-state index contributed by atoms with van der Waals surface area (Å²) < 4.78 is 34.8. The molecule has 7 heteroatoms. The van der Waals surface area contributed by atoms with Crippen molar-refractivity contribution in [1.82, 2.24) is 4.90 Å². The molecule has 1 fully saturated rings. The Labute approximate surface area is 159 Å². The number of benzene rings is 2. The summed E-state index contributed by atoms with van der Waals surface area (Å²) >= 11 is 0. The van der Waals surface area contributed by atoms with Gasteiger partial charge in [0.25, 0.3) is 5.91 Å². The van der Waals surface area contributed by atoms with Crippen LogP contribution in [0, 0.1) is 0 Å². The van der Waals surface area contributed by atoms with Gasteiger partial charge in [0.05, 0.1) is 17.5 Å². The van der Waals surface area contributed by atoms with Gasteiger partial charge in [0.15, 0.2) is 16.4 Å². The lowest BCUT2D eigenvalue weighted by molar-refractivity contribution is -0.146. The maximum atomic E-state index is 12.6. The van der Waals surface area contributed by atoms with Crippen molar-refractivity contribution in [3.8, 4) is 5.75 Å². The summed E-state index contributed by atoms with van der Waals surface area (Å²) in [4.78, 5) is 14.5. The zero-order chi connectivity index (χ0) is 19.4. The second-order valence-electron chi connectivity index (χ2n) is 6.68. The summed E-state index contributed by atoms with van der Waals surface area (Å²) in [6.07, 6.45) is 0.879. The van der Waals surface area contributed by atoms with Crippen LogP contribution in [0.2, 0.25) is 0 Å². The Hall–Kier alpha value is -2.38. The standard InChI is InChI=1S/C20H23NO5S/c1-15-12-21(13-19(26-15)16-7-4-3-5-8-16)20(22)14-25-17-9-6-10-18(11-17)27(2,23)24/h3-11,15,19H,12-14H2,1-2H3/t15-,19-/m1/s1. The summed E-state index contributed by atoms with van der Waals surface area (Å²) in [5, 5.41) is 0. The SMILES string of the molecule is C[C@@H]1CN(C(=O)COc2cccc(S(C)(=O)=O)c2)C[C@H](c2ccccc2)O1. The molecule has 1 aliphatic rings. The number of morpholine rings is 1. The minimum Gasteiger partial charge on any atom is -0.484 e. The number of amides is 1. The van der Waals surface area contributed by atoms with Crippen LogP contribution in [0.5, 0.6) is 5.75 Å². The molecule has 0 saturated carbocycles. The highest BCUT2D eigenvalue weighted by Gasteiger charge is 2.29. The van der Waals surface area contributed by atoms with Crippen molar-refractivity contribution in [2.45, 2.75) is 24.0 Å². The van der Waals surface area contributed by atoms with E-state index in [0.717, 1.165) is 11.8 Å². The first-order valence-electron chi connectivity index (χ1n) is 8.74. The van der Waals surface area contributed by atoms with E-state index < -0.39 is 9.84 Å². The molecule has 1 heterocycles. The van der Waals surface area contributed by atoms with Gasteiger partial charge < -0.3 is 14.4 Å². The maximum absolute atomic E-state index is 12.6. The van der Waals surface area contributed by atoms with E-state index in [1.54, 1.807) is 17.0 Å². The molecule has 0 N–H and O–H groups in total. The van der Waals surface area contributed by atoms with Crippen LogP contribution < -0.4 is 4.74 Å². The van der Waals surface area contributed by atoms with Crippen LogP contribution in [0.25, 0.3) is 0 Å². The lowest BCUT2D eigenvalue weighted by Crippen LogP contribution is -2.47. The van der Waals surface area contributed by atoms with Crippen LogP contribution in [0.4, 0.5) is 0 Å². The number of ether oxygens (including phenoxy) is 2. The smallest absolute Gasteiger partial charge is 0.260 e. The molecule has 0 bridgehead atoms. The van der Waals surface area contributed by atoms with Gasteiger partial charge in [-0.05, 0) is 30.7 Å². The summed E-state index contributed by atoms with van der Waals surface area (Å²) in [6.45, 7) is 2.74. The van der Waals surface area contributed by atoms with Gasteiger partial charge in [0.2, 0.25) is 0 Å². The highest BCUT2D eigenvalue weighted by atomic mass is 32.2. The van der Waals surface area contributed by atoms with Gasteiger partial charge in [-0.2, -0.15) is 0 Å². The van der Waals surface area contributed by atoms with Crippen molar-refractivity contribution in [1.29, 1.82) is 0 Å². The van der Waals surface area contributed by atoms with Crippen LogP contribution in [0.1, 0.15) is 18.6 Å². The largest absolute Gasteiger partial charge is 0.484 e. The Balaban J connectivity index is 1.64. The molecule has 1 saturated heterocycles. The van der Waals surface area contributed by atoms with Crippen molar-refractivity contribution in [3.05, 3.63) is 60.2 Å². The number of rotatable bonds is 5. The van der Waals surface area contributed by atoms with Crippen molar-refractivity contribution < 1.29 is 22.7 Å². The van der Waals surface area contributed by atoms with Crippen molar-refractivity contribution in [2.24, 2.45) is 0 Å². The molecule has 6 nitrogen and oxygen atoms in total. The van der Waals surface area contributed by atoms with Crippen molar-refractivity contribution in [3.63, 3.8) is 0 Å². The predicted octanol–water partition coefficient (Wildman–Crippen LogP) is 2.46. The first kappa shape index (κ1) is 19.4. The molecule has 3 rings (SSSR count). The number of hydrogen-bond acceptors (Lipinski definition) is 5. The van der Waals surface area contributed by atoms with E-state index in [-0.39, 0.29) is 29.6 Å². The topological polar surface area (TPSA) is 72.9 Å². The molecular formula is C20H23NO5S. The van der Waals surface area contributed by atoms with Gasteiger partial charge >= 0.3 is 0 Å². The third-order valence-corrected chi connectivity index (χ3v) is 5.49. The Morgan fingerprint density at radius 3 is 2.59 bits per heavy atom. The fourth-order valence-corrected chi connectivity index (χ4v) is 3.69. The second kappa shape index (κ2) is 8.10. The maximum Gasteiger partial charge on any atom is 0.260 e. The molecule has 2 aromatic rings. The van der Waals surface area contributed by atoms with Gasteiger partial charge in [-0.25, -0.2) is 8.42 Å². The van der Waals surface area contributed by atoms with Crippen molar-refractivity contribution >= 4 is 15.7 Å². The van der Waals surface area contributed by atoms with Gasteiger partial charge in [-0.1, -0.05) is 36.4 Å². The summed E-state index contributed by atoms with van der Waals surface area (Å²) in [5.41, 5.74) is 1.03. The van der Waals surface area contributed by atoms with Crippen LogP contribution in [0.15, 0.2) is 59.5 Å². The van der Waals surface area contributed by atoms with Crippen LogP contribution in [-0.4, -0.2) is 51.3 Å². The van der Waals surface area contributed by atoms with Crippen LogP contribution in [0.3, 0.4) is 0 Å². The summed E-state index contributed by atoms with van der Waals surface area (Å²) in [5.74, 6) is 0.197. The van der Waals surface area contributed by atoms with Crippen LogP contribution in [-0.2, 0) is 19.4 Å². The minimum atomic E-state index is -3.32. The van der Waals surface area contributed by atoms with E-state index in [4.69, 9.17) is 9.47 Å². The van der Waals surface area contributed by atoms with E-state index >= 15 is 0 Å². The van der Waals surface area contributed by atoms with Crippen molar-refractivity contribution in [2.75, 3.05) is 26.0 Å². The zero-order valence-electron chi connectivity index (χ0n) is 15.4. The van der Waals surface area contributed by atoms with Gasteiger partial charge in [-0.3, -0.25) is 4.79 Å². The molecule has 0 spiro atoms. The highest BCUT2D eigenvalue weighted by Crippen LogP contribution is 2.25. The third-order valence-electron chi connectivity index (χ3n) is 4.38. The highest BCUT2D eigenvalue weighted by molar-refractivity contribution is 7.90. The lowest BCUT2D eigenvalue weighted by Gasteiger charge is -2.37. The lowest BCUT2D eigenvalue weighted by atomic mass is 10.1. The molecule has 144 valence electrons. The normalized spacial score (nSPS) is 20.3. The quantitative estimate of drug-likeness (QED) is 0.785. The molecule has 27 heavy (non-hydrogen) atoms. The molecular weight excluding hydrogens is 366 g/mol. The number of sulfone groups is 1. The number of hydrogen-bond donors (Lipinski definition) is 0. The molecule has 1 aliphatic heterocycles. The molecule has 0 radical (unpaired) electrons. The zero-order valence-corrected chi connectivity index (χ0v) is 16.2. The molecule has 2 atom stereocenters. The molecule has 0 aromatic heterocycles. The average Bonchev–Trinajstić information content (AvgIpc) is 2.66. The van der Waals surface area contributed by atoms with E-state index in [9.17, 15) is 13.2 Å². The second-order valence-corrected chi connectivity index (χ2v) is 8.70. The number of nitrogens with zero attached hydrogens (tertiary/aromatic N) is 1. The van der Waals surface area contributed by atoms with Gasteiger partial charge in [0.1, 0.15) is 11.9 Å². The molecule has 0 aliphatic carbocycles. The van der Waals surface area contributed by atoms with E-state index in [0.29, 0.717) is 18.8 Å². The van der Waals surface area contributed by atoms with Crippen LogP contribution >= 0.6 is 0 Å². The Morgan fingerprint density at radius 2 is 1.89 bits per heavy atom. The number of carbonyl (C=O) groups excluding carboxylic acids is 1. The average molecular weight is 389 g/mol. The van der Waals surface area contributed by atoms with E-state index in [1.165, 1.54) is 12.1 Å². The number of carbonyl (C=O) groups is 1. The molecule has 0 unspecified atom stereocenters. The summed E-state index contributed by atoms with van der Waals surface area (Å²) in [6, 6.07) is 16.0. The van der Waals surface area contributed by atoms with E-state index in [1.807, 2.05) is 37.3 Å². The fourth-order valence-electron chi connectivity index (χ4n) is 3.04. The minimum absolute atomic E-state index is 0.0820. The van der Waals surface area contributed by atoms with Gasteiger partial charge in [0, 0.05) is 12.8 Å². The Kier molecular flexibility index (Phi) is 5.82. The first-order chi connectivity index (χ1) is 12.8. The van der Waals surface area contributed by atoms with E-state index in [2.05, 4.69) is 0 Å². The predicted molar refractivity (Wildman–Crippen MR) is 101 cm³/mol. The molecule has 1 amide bonds. The fraction of sp³-hybridized carbons (Fsp3) is 0.350. The molecule has 2 aromatic carbocycles. The Bertz CT molecular complexity index is 898. The summed E-state index contributed by atoms with van der Waals surface area (Å²) in [7, 11) is -3.32. The Morgan fingerprint density at radius 1 is 1.15 bits per heavy atom. The third kappa shape index (κ3) is 5.08.